The number of rotatable bonds is 3. The number of hydrogen-bond acceptors (Lipinski definition) is 4. The number of carbonyl (C=O) groups is 1. The Morgan fingerprint density at radius 3 is 3.10 bits per heavy atom. The highest BCUT2D eigenvalue weighted by molar-refractivity contribution is 5.72. The van der Waals surface area contributed by atoms with Gasteiger partial charge in [0.15, 0.2) is 5.65 Å². The second-order valence-corrected chi connectivity index (χ2v) is 5.34. The van der Waals surface area contributed by atoms with Crippen molar-refractivity contribution < 1.29 is 9.90 Å². The fraction of sp³-hybridized carbons (Fsp3) is 0.500. The molecule has 0 amide bonds. The van der Waals surface area contributed by atoms with E-state index in [1.807, 2.05) is 33.7 Å². The van der Waals surface area contributed by atoms with E-state index in [9.17, 15) is 4.79 Å². The van der Waals surface area contributed by atoms with Gasteiger partial charge in [-0.25, -0.2) is 0 Å². The van der Waals surface area contributed by atoms with Gasteiger partial charge in [0.2, 0.25) is 0 Å². The van der Waals surface area contributed by atoms with Crippen LogP contribution < -0.4 is 0 Å². The molecule has 20 heavy (non-hydrogen) atoms. The molecule has 0 saturated carbocycles. The molecule has 106 valence electrons. The maximum atomic E-state index is 11.1. The fourth-order valence-corrected chi connectivity index (χ4v) is 2.86. The van der Waals surface area contributed by atoms with Crippen molar-refractivity contribution in [2.24, 2.45) is 0 Å². The average molecular weight is 274 g/mol. The zero-order valence-electron chi connectivity index (χ0n) is 11.4. The number of aromatic nitrogens is 3. The molecule has 1 aliphatic heterocycles. The van der Waals surface area contributed by atoms with Crippen molar-refractivity contribution in [3.63, 3.8) is 0 Å². The van der Waals surface area contributed by atoms with E-state index in [1.165, 1.54) is 0 Å². The number of fused-ring (bicyclic) bond motifs is 1. The Morgan fingerprint density at radius 1 is 1.45 bits per heavy atom. The van der Waals surface area contributed by atoms with Crippen LogP contribution in [0.15, 0.2) is 24.4 Å². The molecule has 6 nitrogen and oxygen atoms in total. The Hall–Kier alpha value is -1.95. The summed E-state index contributed by atoms with van der Waals surface area (Å²) in [7, 11) is 0. The van der Waals surface area contributed by atoms with Gasteiger partial charge in [0.1, 0.15) is 11.9 Å². The Balaban J connectivity index is 1.85. The van der Waals surface area contributed by atoms with Crippen LogP contribution in [0, 0.1) is 0 Å². The van der Waals surface area contributed by atoms with Gasteiger partial charge in [-0.15, -0.1) is 10.2 Å². The predicted molar refractivity (Wildman–Crippen MR) is 73.6 cm³/mol. The van der Waals surface area contributed by atoms with Crippen LogP contribution in [0.3, 0.4) is 0 Å². The maximum absolute atomic E-state index is 11.1. The normalized spacial score (nSPS) is 21.9. The summed E-state index contributed by atoms with van der Waals surface area (Å²) in [5.74, 6) is 0.405. The lowest BCUT2D eigenvalue weighted by Gasteiger charge is -2.34. The van der Waals surface area contributed by atoms with E-state index in [0.717, 1.165) is 37.4 Å². The smallest absolute Gasteiger partial charge is 0.320 e. The Bertz CT molecular complexity index is 624. The van der Waals surface area contributed by atoms with Crippen molar-refractivity contribution in [2.75, 3.05) is 13.1 Å². The molecule has 0 aromatic carbocycles. The van der Waals surface area contributed by atoms with Gasteiger partial charge in [-0.2, -0.15) is 0 Å². The van der Waals surface area contributed by atoms with Crippen LogP contribution in [0.5, 0.6) is 0 Å². The molecule has 1 aliphatic rings. The fourth-order valence-electron chi connectivity index (χ4n) is 2.86. The average Bonchev–Trinajstić information content (AvgIpc) is 2.90. The highest BCUT2D eigenvalue weighted by atomic mass is 16.4. The van der Waals surface area contributed by atoms with Gasteiger partial charge in [-0.05, 0) is 38.4 Å². The summed E-state index contributed by atoms with van der Waals surface area (Å²) in [5.41, 5.74) is 0.839. The van der Waals surface area contributed by atoms with E-state index < -0.39 is 12.0 Å². The number of pyridine rings is 1. The monoisotopic (exact) mass is 274 g/mol. The summed E-state index contributed by atoms with van der Waals surface area (Å²) in [4.78, 5) is 13.1. The van der Waals surface area contributed by atoms with E-state index in [0.29, 0.717) is 0 Å². The summed E-state index contributed by atoms with van der Waals surface area (Å²) in [6.07, 6.45) is 3.98. The molecule has 3 rings (SSSR count). The predicted octanol–water partition coefficient (Wildman–Crippen LogP) is 1.38. The molecule has 6 heteroatoms. The van der Waals surface area contributed by atoms with Crippen LogP contribution in [0.25, 0.3) is 5.65 Å². The molecule has 2 atom stereocenters. The van der Waals surface area contributed by atoms with Gasteiger partial charge in [-0.3, -0.25) is 14.1 Å². The minimum atomic E-state index is -0.767. The van der Waals surface area contributed by atoms with Crippen LogP contribution in [0.1, 0.15) is 31.5 Å². The molecule has 1 N–H and O–H groups in total. The second kappa shape index (κ2) is 5.20. The van der Waals surface area contributed by atoms with Crippen LogP contribution in [0.4, 0.5) is 0 Å². The number of piperidine rings is 1. The SMILES string of the molecule is CC(C(=O)O)N1CCCC(c2nnc3ccccn23)C1. The third kappa shape index (κ3) is 2.27. The zero-order chi connectivity index (χ0) is 14.1. The first-order valence-corrected chi connectivity index (χ1v) is 6.93. The van der Waals surface area contributed by atoms with Gasteiger partial charge >= 0.3 is 5.97 Å². The Kier molecular flexibility index (Phi) is 3.40. The topological polar surface area (TPSA) is 70.7 Å². The van der Waals surface area contributed by atoms with Crippen LogP contribution in [-0.4, -0.2) is 49.7 Å². The minimum Gasteiger partial charge on any atom is -0.480 e. The molecule has 1 saturated heterocycles. The van der Waals surface area contributed by atoms with Gasteiger partial charge < -0.3 is 5.11 Å². The van der Waals surface area contributed by atoms with E-state index in [1.54, 1.807) is 6.92 Å². The van der Waals surface area contributed by atoms with E-state index in [2.05, 4.69) is 10.2 Å². The Morgan fingerprint density at radius 2 is 2.30 bits per heavy atom. The summed E-state index contributed by atoms with van der Waals surface area (Å²) in [5, 5.41) is 17.6. The molecular formula is C14H18N4O2. The third-order valence-corrected chi connectivity index (χ3v) is 4.06. The minimum absolute atomic E-state index is 0.239. The number of likely N-dealkylation sites (tertiary alicyclic amines) is 1. The number of hydrogen-bond donors (Lipinski definition) is 1. The van der Waals surface area contributed by atoms with E-state index in [-0.39, 0.29) is 5.92 Å². The molecule has 2 unspecified atom stereocenters. The first-order chi connectivity index (χ1) is 9.66. The van der Waals surface area contributed by atoms with Crippen LogP contribution in [0.2, 0.25) is 0 Å². The number of carboxylic acid groups (broad SMARTS) is 1. The third-order valence-electron chi connectivity index (χ3n) is 4.06. The lowest BCUT2D eigenvalue weighted by molar-refractivity contribution is -0.143. The van der Waals surface area contributed by atoms with Crippen molar-refractivity contribution >= 4 is 11.6 Å². The van der Waals surface area contributed by atoms with Gasteiger partial charge in [-0.1, -0.05) is 6.07 Å². The van der Waals surface area contributed by atoms with Crippen molar-refractivity contribution in [1.29, 1.82) is 0 Å². The number of aliphatic carboxylic acids is 1. The highest BCUT2D eigenvalue weighted by Gasteiger charge is 2.30. The van der Waals surface area contributed by atoms with Gasteiger partial charge in [0.25, 0.3) is 0 Å². The lowest BCUT2D eigenvalue weighted by atomic mass is 9.96. The van der Waals surface area contributed by atoms with E-state index >= 15 is 0 Å². The standard InChI is InChI=1S/C14H18N4O2/c1-10(14(19)20)17-7-4-5-11(9-17)13-16-15-12-6-2-3-8-18(12)13/h2-3,6,8,10-11H,4-5,7,9H2,1H3,(H,19,20). The molecule has 0 spiro atoms. The lowest BCUT2D eigenvalue weighted by Crippen LogP contribution is -2.44. The van der Waals surface area contributed by atoms with Gasteiger partial charge in [0, 0.05) is 18.7 Å². The zero-order valence-corrected chi connectivity index (χ0v) is 11.4. The summed E-state index contributed by atoms with van der Waals surface area (Å²) in [6.45, 7) is 3.30. The molecular weight excluding hydrogens is 256 g/mol. The van der Waals surface area contributed by atoms with Crippen LogP contribution in [-0.2, 0) is 4.79 Å². The van der Waals surface area contributed by atoms with Gasteiger partial charge in [0.05, 0.1) is 0 Å². The Labute approximate surface area is 117 Å². The quantitative estimate of drug-likeness (QED) is 0.915. The molecule has 0 radical (unpaired) electrons. The maximum Gasteiger partial charge on any atom is 0.320 e. The summed E-state index contributed by atoms with van der Waals surface area (Å²) < 4.78 is 2.00. The molecule has 3 heterocycles. The van der Waals surface area contributed by atoms with Crippen molar-refractivity contribution in [3.8, 4) is 0 Å². The number of carboxylic acids is 1. The first kappa shape index (κ1) is 13.1. The summed E-state index contributed by atoms with van der Waals surface area (Å²) >= 11 is 0. The molecule has 1 fully saturated rings. The van der Waals surface area contributed by atoms with Crippen LogP contribution >= 0.6 is 0 Å². The van der Waals surface area contributed by atoms with Crippen molar-refractivity contribution in [2.45, 2.75) is 31.7 Å². The molecule has 2 aromatic rings. The summed E-state index contributed by atoms with van der Waals surface area (Å²) in [6, 6.07) is 5.38. The largest absolute Gasteiger partial charge is 0.480 e. The first-order valence-electron chi connectivity index (χ1n) is 6.93. The molecule has 0 bridgehead atoms. The second-order valence-electron chi connectivity index (χ2n) is 5.34. The van der Waals surface area contributed by atoms with E-state index in [4.69, 9.17) is 5.11 Å². The van der Waals surface area contributed by atoms with Crippen molar-refractivity contribution in [1.82, 2.24) is 19.5 Å². The van der Waals surface area contributed by atoms with Crippen molar-refractivity contribution in [3.05, 3.63) is 30.2 Å². The highest BCUT2D eigenvalue weighted by Crippen LogP contribution is 2.27. The molecule has 2 aromatic heterocycles. The number of nitrogens with zero attached hydrogens (tertiary/aromatic N) is 4. The molecule has 0 aliphatic carbocycles.